The number of nitrogens with two attached hydrogens (primary N) is 1. The highest BCUT2D eigenvalue weighted by Gasteiger charge is 2.22. The van der Waals surface area contributed by atoms with Gasteiger partial charge in [-0.15, -0.1) is 0 Å². The first kappa shape index (κ1) is 22.1. The standard InChI is InChI=1S/C25H22F2N6S/c1-33-14-18(12-31-33)15-2-5-24(29-11-15)22(10-28)16-6-17(25-23(27)9-19(26)13-30-25)8-20(7-16)32-34-21-3-4-21/h2,5-14,21,32H,3-4,28H2,1H3. The molecule has 9 heteroatoms. The fourth-order valence-electron chi connectivity index (χ4n) is 3.57. The summed E-state index contributed by atoms with van der Waals surface area (Å²) in [7, 11) is 1.86. The third-order valence-electron chi connectivity index (χ3n) is 5.44. The summed E-state index contributed by atoms with van der Waals surface area (Å²) in [4.78, 5) is 8.59. The third kappa shape index (κ3) is 4.79. The molecule has 1 aromatic carbocycles. The Kier molecular flexibility index (Phi) is 6.02. The number of hydrogen-bond acceptors (Lipinski definition) is 6. The molecule has 0 unspecified atom stereocenters. The van der Waals surface area contributed by atoms with E-state index in [1.54, 1.807) is 41.2 Å². The summed E-state index contributed by atoms with van der Waals surface area (Å²) in [6.07, 6.45) is 10.3. The molecule has 34 heavy (non-hydrogen) atoms. The third-order valence-corrected chi connectivity index (χ3v) is 6.60. The number of halogens is 2. The van der Waals surface area contributed by atoms with E-state index >= 15 is 0 Å². The van der Waals surface area contributed by atoms with Crippen LogP contribution in [0.5, 0.6) is 0 Å². The molecule has 0 atom stereocenters. The zero-order valence-electron chi connectivity index (χ0n) is 18.4. The van der Waals surface area contributed by atoms with Crippen molar-refractivity contribution < 1.29 is 8.78 Å². The van der Waals surface area contributed by atoms with Crippen LogP contribution in [0.15, 0.2) is 67.4 Å². The molecule has 1 aliphatic rings. The second-order valence-corrected chi connectivity index (χ2v) is 9.22. The minimum Gasteiger partial charge on any atom is -0.404 e. The Balaban J connectivity index is 1.52. The molecule has 3 N–H and O–H groups in total. The molecule has 3 aromatic heterocycles. The topological polar surface area (TPSA) is 81.6 Å². The lowest BCUT2D eigenvalue weighted by atomic mass is 9.98. The highest BCUT2D eigenvalue weighted by molar-refractivity contribution is 8.01. The molecule has 1 aliphatic carbocycles. The fourth-order valence-corrected chi connectivity index (χ4v) is 4.36. The lowest BCUT2D eigenvalue weighted by molar-refractivity contribution is 0.576. The van der Waals surface area contributed by atoms with Gasteiger partial charge in [0.15, 0.2) is 5.82 Å². The van der Waals surface area contributed by atoms with Gasteiger partial charge in [0.1, 0.15) is 11.5 Å². The van der Waals surface area contributed by atoms with E-state index in [1.807, 2.05) is 31.4 Å². The summed E-state index contributed by atoms with van der Waals surface area (Å²) in [5, 5.41) is 4.77. The predicted molar refractivity (Wildman–Crippen MR) is 132 cm³/mol. The van der Waals surface area contributed by atoms with Gasteiger partial charge in [-0.3, -0.25) is 14.6 Å². The number of rotatable bonds is 7. The monoisotopic (exact) mass is 476 g/mol. The van der Waals surface area contributed by atoms with Crippen molar-refractivity contribution in [1.29, 1.82) is 0 Å². The smallest absolute Gasteiger partial charge is 0.152 e. The lowest BCUT2D eigenvalue weighted by Crippen LogP contribution is -1.99. The molecular weight excluding hydrogens is 454 g/mol. The zero-order valence-corrected chi connectivity index (χ0v) is 19.2. The van der Waals surface area contributed by atoms with Crippen molar-refractivity contribution in [2.24, 2.45) is 12.8 Å². The molecule has 0 amide bonds. The maximum Gasteiger partial charge on any atom is 0.152 e. The summed E-state index contributed by atoms with van der Waals surface area (Å²) in [5.41, 5.74) is 11.4. The molecule has 0 saturated heterocycles. The van der Waals surface area contributed by atoms with E-state index in [0.29, 0.717) is 22.1 Å². The van der Waals surface area contributed by atoms with Crippen molar-refractivity contribution in [2.75, 3.05) is 4.72 Å². The number of hydrogen-bond donors (Lipinski definition) is 2. The van der Waals surface area contributed by atoms with Crippen LogP contribution in [0.3, 0.4) is 0 Å². The fraction of sp³-hybridized carbons (Fsp3) is 0.160. The Morgan fingerprint density at radius 2 is 1.91 bits per heavy atom. The van der Waals surface area contributed by atoms with Gasteiger partial charge in [-0.2, -0.15) is 5.10 Å². The maximum absolute atomic E-state index is 14.6. The van der Waals surface area contributed by atoms with Gasteiger partial charge >= 0.3 is 0 Å². The van der Waals surface area contributed by atoms with Gasteiger partial charge in [0, 0.05) is 64.9 Å². The first-order valence-electron chi connectivity index (χ1n) is 10.8. The number of aryl methyl sites for hydroxylation is 1. The second kappa shape index (κ2) is 9.26. The van der Waals surface area contributed by atoms with Crippen molar-refractivity contribution in [3.8, 4) is 22.4 Å². The largest absolute Gasteiger partial charge is 0.404 e. The minimum atomic E-state index is -0.727. The van der Waals surface area contributed by atoms with Crippen molar-refractivity contribution in [2.45, 2.75) is 18.1 Å². The van der Waals surface area contributed by atoms with Gasteiger partial charge in [-0.05, 0) is 54.6 Å². The quantitative estimate of drug-likeness (QED) is 0.348. The van der Waals surface area contributed by atoms with Crippen LogP contribution in [-0.4, -0.2) is 25.0 Å². The van der Waals surface area contributed by atoms with E-state index in [2.05, 4.69) is 19.8 Å². The maximum atomic E-state index is 14.6. The summed E-state index contributed by atoms with van der Waals surface area (Å²) < 4.78 is 33.1. The first-order valence-corrected chi connectivity index (χ1v) is 11.6. The molecule has 1 fully saturated rings. The van der Waals surface area contributed by atoms with Gasteiger partial charge in [0.25, 0.3) is 0 Å². The van der Waals surface area contributed by atoms with Crippen molar-refractivity contribution in [3.63, 3.8) is 0 Å². The summed E-state index contributed by atoms with van der Waals surface area (Å²) >= 11 is 1.63. The van der Waals surface area contributed by atoms with E-state index < -0.39 is 11.6 Å². The Morgan fingerprint density at radius 3 is 2.56 bits per heavy atom. The van der Waals surface area contributed by atoms with Crippen LogP contribution in [0, 0.1) is 11.6 Å². The molecule has 4 aromatic rings. The predicted octanol–water partition coefficient (Wildman–Crippen LogP) is 5.39. The number of anilines is 1. The number of aromatic nitrogens is 4. The lowest BCUT2D eigenvalue weighted by Gasteiger charge is -2.14. The molecule has 172 valence electrons. The van der Waals surface area contributed by atoms with Crippen LogP contribution >= 0.6 is 11.9 Å². The molecule has 0 spiro atoms. The second-order valence-electron chi connectivity index (χ2n) is 8.12. The van der Waals surface area contributed by atoms with Gasteiger partial charge < -0.3 is 10.5 Å². The summed E-state index contributed by atoms with van der Waals surface area (Å²) in [6.45, 7) is 0. The van der Waals surface area contributed by atoms with Crippen molar-refractivity contribution in [1.82, 2.24) is 19.7 Å². The van der Waals surface area contributed by atoms with E-state index in [0.717, 1.165) is 34.6 Å². The molecule has 3 heterocycles. The van der Waals surface area contributed by atoms with Crippen molar-refractivity contribution >= 4 is 23.2 Å². The van der Waals surface area contributed by atoms with Gasteiger partial charge in [0.05, 0.1) is 18.1 Å². The van der Waals surface area contributed by atoms with Crippen LogP contribution in [0.1, 0.15) is 24.1 Å². The number of nitrogens with one attached hydrogen (secondary N) is 1. The summed E-state index contributed by atoms with van der Waals surface area (Å²) in [5.74, 6) is -1.45. The van der Waals surface area contributed by atoms with Crippen LogP contribution in [0.2, 0.25) is 0 Å². The van der Waals surface area contributed by atoms with Gasteiger partial charge in [-0.25, -0.2) is 8.78 Å². The molecule has 0 aliphatic heterocycles. The molecule has 1 saturated carbocycles. The Morgan fingerprint density at radius 1 is 1.06 bits per heavy atom. The summed E-state index contributed by atoms with van der Waals surface area (Å²) in [6, 6.07) is 10.2. The molecule has 5 rings (SSSR count). The Bertz CT molecular complexity index is 1360. The first-order chi connectivity index (χ1) is 16.5. The highest BCUT2D eigenvalue weighted by Crippen LogP contribution is 2.37. The van der Waals surface area contributed by atoms with Crippen LogP contribution in [-0.2, 0) is 7.05 Å². The zero-order chi connectivity index (χ0) is 23.7. The van der Waals surface area contributed by atoms with Gasteiger partial charge in [-0.1, -0.05) is 6.07 Å². The normalized spacial score (nSPS) is 13.8. The van der Waals surface area contributed by atoms with E-state index in [1.165, 1.54) is 19.0 Å². The molecular formula is C25H22F2N6S. The average Bonchev–Trinajstić information content (AvgIpc) is 3.57. The van der Waals surface area contributed by atoms with Crippen LogP contribution < -0.4 is 10.5 Å². The van der Waals surface area contributed by atoms with Gasteiger partial charge in [0.2, 0.25) is 0 Å². The molecule has 0 bridgehead atoms. The SMILES string of the molecule is Cn1cc(-c2ccc(C(=CN)c3cc(NSC4CC4)cc(-c4ncc(F)cc4F)c3)nc2)cn1. The Hall–Kier alpha value is -3.72. The van der Waals surface area contributed by atoms with Crippen LogP contribution in [0.25, 0.3) is 28.0 Å². The van der Waals surface area contributed by atoms with E-state index in [9.17, 15) is 8.78 Å². The van der Waals surface area contributed by atoms with E-state index in [-0.39, 0.29) is 5.69 Å². The average molecular weight is 477 g/mol. The number of pyridine rings is 2. The molecule has 6 nitrogen and oxygen atoms in total. The number of nitrogens with zero attached hydrogens (tertiary/aromatic N) is 4. The van der Waals surface area contributed by atoms with E-state index in [4.69, 9.17) is 5.73 Å². The Labute approximate surface area is 200 Å². The minimum absolute atomic E-state index is 0.0685. The highest BCUT2D eigenvalue weighted by atomic mass is 32.2. The van der Waals surface area contributed by atoms with Crippen LogP contribution in [0.4, 0.5) is 14.5 Å². The van der Waals surface area contributed by atoms with Crippen molar-refractivity contribution in [3.05, 3.63) is 90.3 Å². The number of benzene rings is 1. The molecule has 0 radical (unpaired) electrons.